The maximum absolute atomic E-state index is 14.6. The fourth-order valence-electron chi connectivity index (χ4n) is 4.49. The first kappa shape index (κ1) is 23.4. The molecule has 2 aromatic rings. The van der Waals surface area contributed by atoms with Crippen molar-refractivity contribution in [2.24, 2.45) is 12.0 Å². The summed E-state index contributed by atoms with van der Waals surface area (Å²) in [6.45, 7) is 3.20. The van der Waals surface area contributed by atoms with Gasteiger partial charge in [-0.15, -0.1) is 0 Å². The van der Waals surface area contributed by atoms with Crippen LogP contribution in [0.1, 0.15) is 54.6 Å². The monoisotopic (exact) mass is 464 g/mol. The first-order chi connectivity index (χ1) is 15.8. The molecule has 1 atom stereocenters. The van der Waals surface area contributed by atoms with E-state index in [4.69, 9.17) is 9.47 Å². The van der Waals surface area contributed by atoms with Gasteiger partial charge in [-0.05, 0) is 6.92 Å². The Balaban J connectivity index is 1.66. The molecule has 33 heavy (non-hydrogen) atoms. The van der Waals surface area contributed by atoms with Crippen LogP contribution in [0.2, 0.25) is 0 Å². The molecule has 2 aliphatic heterocycles. The Kier molecular flexibility index (Phi) is 6.58. The predicted octanol–water partition coefficient (Wildman–Crippen LogP) is 3.20. The van der Waals surface area contributed by atoms with Gasteiger partial charge in [-0.1, -0.05) is 18.2 Å². The van der Waals surface area contributed by atoms with Crippen LogP contribution in [0.3, 0.4) is 0 Å². The fourth-order valence-corrected chi connectivity index (χ4v) is 4.49. The van der Waals surface area contributed by atoms with Gasteiger partial charge < -0.3 is 18.9 Å². The molecule has 0 saturated carbocycles. The van der Waals surface area contributed by atoms with Crippen LogP contribution in [0.5, 0.6) is 0 Å². The minimum Gasteiger partial charge on any atom is -0.381 e. The molecule has 4 rings (SSSR count). The zero-order chi connectivity index (χ0) is 23.8. The molecule has 178 valence electrons. The van der Waals surface area contributed by atoms with E-state index < -0.39 is 29.4 Å². The van der Waals surface area contributed by atoms with Crippen molar-refractivity contribution in [2.45, 2.75) is 50.9 Å². The minimum absolute atomic E-state index is 0.0723. The second-order valence-corrected chi connectivity index (χ2v) is 8.43. The highest BCUT2D eigenvalue weighted by molar-refractivity contribution is 5.86. The van der Waals surface area contributed by atoms with Crippen LogP contribution in [0.15, 0.2) is 29.5 Å². The Bertz CT molecular complexity index is 1110. The molecule has 0 bridgehead atoms. The summed E-state index contributed by atoms with van der Waals surface area (Å²) in [5, 5.41) is 0. The summed E-state index contributed by atoms with van der Waals surface area (Å²) in [6.07, 6.45) is -0.362. The third-order valence-electron chi connectivity index (χ3n) is 6.51. The minimum atomic E-state index is -2.91. The number of carbonyl (C=O) groups excluding carboxylic acids is 1. The number of fused-ring (bicyclic) bond motifs is 1. The number of aromatic nitrogens is 2. The van der Waals surface area contributed by atoms with Crippen molar-refractivity contribution in [1.82, 2.24) is 14.5 Å². The van der Waals surface area contributed by atoms with Crippen LogP contribution in [-0.4, -0.2) is 46.3 Å². The summed E-state index contributed by atoms with van der Waals surface area (Å²) in [4.78, 5) is 24.0. The first-order valence-corrected chi connectivity index (χ1v) is 10.8. The predicted molar refractivity (Wildman–Crippen MR) is 113 cm³/mol. The highest BCUT2D eigenvalue weighted by Gasteiger charge is 2.44. The second kappa shape index (κ2) is 9.26. The van der Waals surface area contributed by atoms with E-state index in [9.17, 15) is 18.0 Å². The van der Waals surface area contributed by atoms with Gasteiger partial charge in [-0.3, -0.25) is 9.79 Å². The van der Waals surface area contributed by atoms with E-state index in [-0.39, 0.29) is 18.0 Å². The van der Waals surface area contributed by atoms with Crippen LogP contribution in [0.4, 0.5) is 13.2 Å². The molecule has 0 radical (unpaired) electrons. The maximum atomic E-state index is 14.6. The molecule has 0 unspecified atom stereocenters. The summed E-state index contributed by atoms with van der Waals surface area (Å²) < 4.78 is 53.7. The van der Waals surface area contributed by atoms with Gasteiger partial charge >= 0.3 is 0 Å². The van der Waals surface area contributed by atoms with Crippen molar-refractivity contribution in [3.8, 4) is 0 Å². The number of alkyl halides is 2. The highest BCUT2D eigenvalue weighted by Crippen LogP contribution is 2.31. The molecule has 3 heterocycles. The largest absolute Gasteiger partial charge is 0.381 e. The molecule has 2 aliphatic rings. The Morgan fingerprint density at radius 1 is 1.24 bits per heavy atom. The van der Waals surface area contributed by atoms with E-state index >= 15 is 0 Å². The summed E-state index contributed by atoms with van der Waals surface area (Å²) in [7, 11) is 3.37. The van der Waals surface area contributed by atoms with E-state index in [0.29, 0.717) is 38.1 Å². The number of methoxy groups -OCH3 is 1. The molecule has 0 aliphatic carbocycles. The standard InChI is InChI=1S/C23H27F3N4O3/c1-14(15-5-4-6-16(19(15)24)20(25)26)28-21-17-11-30(12-18(17)29(2)13-27-21)22(31)23(32-3)7-9-33-10-8-23/h4-6,13-14,20H,7-12H2,1-3H3/b28-21-/t14-/m1/s1. The fraction of sp³-hybridized carbons (Fsp3) is 0.522. The topological polar surface area (TPSA) is 69.0 Å². The number of carbonyl (C=O) groups is 1. The Labute approximate surface area is 189 Å². The normalized spacial score (nSPS) is 19.1. The van der Waals surface area contributed by atoms with Gasteiger partial charge in [0.25, 0.3) is 12.3 Å². The number of hydrogen-bond donors (Lipinski definition) is 0. The van der Waals surface area contributed by atoms with Gasteiger partial charge in [0.05, 0.1) is 31.0 Å². The first-order valence-electron chi connectivity index (χ1n) is 10.8. The highest BCUT2D eigenvalue weighted by atomic mass is 19.3. The van der Waals surface area contributed by atoms with Crippen molar-refractivity contribution >= 4 is 5.91 Å². The second-order valence-electron chi connectivity index (χ2n) is 8.43. The summed E-state index contributed by atoms with van der Waals surface area (Å²) in [5.74, 6) is -1.07. The van der Waals surface area contributed by atoms with Crippen molar-refractivity contribution in [3.63, 3.8) is 0 Å². The Morgan fingerprint density at radius 2 is 1.94 bits per heavy atom. The van der Waals surface area contributed by atoms with Crippen LogP contribution in [-0.2, 0) is 34.4 Å². The van der Waals surface area contributed by atoms with Gasteiger partial charge in [0, 0.05) is 57.0 Å². The third kappa shape index (κ3) is 4.29. The number of nitrogens with zero attached hydrogens (tertiary/aromatic N) is 4. The van der Waals surface area contributed by atoms with E-state index in [1.165, 1.54) is 12.1 Å². The van der Waals surface area contributed by atoms with Gasteiger partial charge in [0.1, 0.15) is 5.82 Å². The lowest BCUT2D eigenvalue weighted by Gasteiger charge is -2.37. The number of amides is 1. The number of aryl methyl sites for hydroxylation is 1. The molecule has 10 heteroatoms. The van der Waals surface area contributed by atoms with Crippen molar-refractivity contribution in [1.29, 1.82) is 0 Å². The van der Waals surface area contributed by atoms with Crippen LogP contribution >= 0.6 is 0 Å². The molecule has 1 saturated heterocycles. The number of hydrogen-bond acceptors (Lipinski definition) is 5. The Morgan fingerprint density at radius 3 is 2.61 bits per heavy atom. The SMILES string of the molecule is COC1(C(=O)N2Cc3c(n(C)cn/c3=N\[C@H](C)c3cccc(C(F)F)c3F)C2)CCOCC1. The number of halogens is 3. The zero-order valence-corrected chi connectivity index (χ0v) is 18.9. The van der Waals surface area contributed by atoms with Crippen LogP contribution in [0, 0.1) is 5.82 Å². The molecule has 0 spiro atoms. The zero-order valence-electron chi connectivity index (χ0n) is 18.9. The quantitative estimate of drug-likeness (QED) is 0.682. The van der Waals surface area contributed by atoms with Gasteiger partial charge in [-0.2, -0.15) is 0 Å². The van der Waals surface area contributed by atoms with Crippen molar-refractivity contribution in [2.75, 3.05) is 20.3 Å². The third-order valence-corrected chi connectivity index (χ3v) is 6.51. The molecule has 7 nitrogen and oxygen atoms in total. The Hall–Kier alpha value is -2.72. The van der Waals surface area contributed by atoms with Gasteiger partial charge in [0.2, 0.25) is 0 Å². The van der Waals surface area contributed by atoms with Crippen LogP contribution in [0.25, 0.3) is 0 Å². The molecular formula is C23H27F3N4O3. The lowest BCUT2D eigenvalue weighted by Crippen LogP contribution is -2.52. The smallest absolute Gasteiger partial charge is 0.266 e. The number of benzene rings is 1. The molecule has 1 aromatic carbocycles. The maximum Gasteiger partial charge on any atom is 0.266 e. The van der Waals surface area contributed by atoms with E-state index in [2.05, 4.69) is 9.98 Å². The molecule has 1 amide bonds. The molecule has 1 aromatic heterocycles. The van der Waals surface area contributed by atoms with Crippen LogP contribution < -0.4 is 5.49 Å². The van der Waals surface area contributed by atoms with Gasteiger partial charge in [0.15, 0.2) is 11.1 Å². The van der Waals surface area contributed by atoms with Crippen molar-refractivity contribution < 1.29 is 27.4 Å². The lowest BCUT2D eigenvalue weighted by atomic mass is 9.92. The average Bonchev–Trinajstić information content (AvgIpc) is 3.27. The lowest BCUT2D eigenvalue weighted by molar-refractivity contribution is -0.167. The average molecular weight is 464 g/mol. The number of rotatable bonds is 5. The van der Waals surface area contributed by atoms with Gasteiger partial charge in [-0.25, -0.2) is 18.2 Å². The summed E-state index contributed by atoms with van der Waals surface area (Å²) >= 11 is 0. The molecule has 0 N–H and O–H groups in total. The summed E-state index contributed by atoms with van der Waals surface area (Å²) in [5.41, 5.74) is 0.489. The molecular weight excluding hydrogens is 437 g/mol. The molecule has 1 fully saturated rings. The van der Waals surface area contributed by atoms with E-state index in [1.54, 1.807) is 25.3 Å². The van der Waals surface area contributed by atoms with Crippen molar-refractivity contribution in [3.05, 3.63) is 58.2 Å². The van der Waals surface area contributed by atoms with E-state index in [0.717, 1.165) is 17.3 Å². The van der Waals surface area contributed by atoms with E-state index in [1.807, 2.05) is 11.6 Å². The number of ether oxygens (including phenoxy) is 2. The summed E-state index contributed by atoms with van der Waals surface area (Å²) in [6, 6.07) is 3.17.